The van der Waals surface area contributed by atoms with Gasteiger partial charge in [-0.1, -0.05) is 29.8 Å². The van der Waals surface area contributed by atoms with Crippen molar-refractivity contribution in [2.45, 2.75) is 11.7 Å². The van der Waals surface area contributed by atoms with Crippen molar-refractivity contribution in [2.75, 3.05) is 32.7 Å². The molecule has 1 N–H and O–H groups in total. The predicted octanol–water partition coefficient (Wildman–Crippen LogP) is 3.01. The van der Waals surface area contributed by atoms with Gasteiger partial charge in [-0.15, -0.1) is 17.9 Å². The van der Waals surface area contributed by atoms with E-state index in [4.69, 9.17) is 11.6 Å². The van der Waals surface area contributed by atoms with Crippen LogP contribution in [0.4, 0.5) is 0 Å². The summed E-state index contributed by atoms with van der Waals surface area (Å²) in [6, 6.07) is 11.0. The number of nitrogens with zero attached hydrogens (tertiary/aromatic N) is 3. The van der Waals surface area contributed by atoms with E-state index in [0.29, 0.717) is 22.9 Å². The molecule has 1 saturated heterocycles. The lowest BCUT2D eigenvalue weighted by Crippen LogP contribution is -2.54. The Morgan fingerprint density at radius 3 is 2.83 bits per heavy atom. The van der Waals surface area contributed by atoms with Crippen LogP contribution in [0.3, 0.4) is 0 Å². The number of rotatable bonds is 9. The molecule has 11 heteroatoms. The van der Waals surface area contributed by atoms with Crippen molar-refractivity contribution in [2.24, 2.45) is 0 Å². The highest BCUT2D eigenvalue weighted by Gasteiger charge is 2.37. The van der Waals surface area contributed by atoms with Crippen molar-refractivity contribution in [1.82, 2.24) is 19.5 Å². The fourth-order valence-electron chi connectivity index (χ4n) is 3.90. The number of aromatic nitrogens is 1. The lowest BCUT2D eigenvalue weighted by Gasteiger charge is -2.34. The number of carbonyl (C=O) groups is 2. The van der Waals surface area contributed by atoms with Gasteiger partial charge in [0, 0.05) is 46.6 Å². The molecule has 1 aromatic carbocycles. The number of hydrogen-bond donors (Lipinski definition) is 1. The molecule has 2 aromatic heterocycles. The summed E-state index contributed by atoms with van der Waals surface area (Å²) in [5.74, 6) is -0.695. The van der Waals surface area contributed by atoms with Crippen LogP contribution in [0.25, 0.3) is 10.1 Å². The molecule has 0 saturated carbocycles. The second kappa shape index (κ2) is 10.9. The number of fused-ring (bicyclic) bond motifs is 1. The second-order valence-corrected chi connectivity index (χ2v) is 11.7. The summed E-state index contributed by atoms with van der Waals surface area (Å²) in [5.41, 5.74) is 1.00. The highest BCUT2D eigenvalue weighted by molar-refractivity contribution is 7.89. The number of benzene rings is 1. The van der Waals surface area contributed by atoms with E-state index < -0.39 is 21.2 Å². The number of hydrogen-bond acceptors (Lipinski definition) is 6. The zero-order valence-electron chi connectivity index (χ0n) is 18.9. The third-order valence-corrected chi connectivity index (χ3v) is 9.44. The average molecular weight is 533 g/mol. The van der Waals surface area contributed by atoms with Crippen LogP contribution in [0, 0.1) is 0 Å². The summed E-state index contributed by atoms with van der Waals surface area (Å²) < 4.78 is 28.8. The number of piperazine rings is 1. The molecule has 4 rings (SSSR count). The maximum Gasteiger partial charge on any atom is 0.239 e. The maximum absolute atomic E-state index is 13.4. The zero-order valence-corrected chi connectivity index (χ0v) is 21.3. The van der Waals surface area contributed by atoms with Crippen LogP contribution in [0.5, 0.6) is 0 Å². The summed E-state index contributed by atoms with van der Waals surface area (Å²) in [5, 5.41) is 3.29. The van der Waals surface area contributed by atoms with Gasteiger partial charge >= 0.3 is 0 Å². The third-order valence-electron chi connectivity index (χ3n) is 5.75. The Morgan fingerprint density at radius 1 is 1.29 bits per heavy atom. The SMILES string of the molecule is C=CC(c1cc2ccc(Cl)cc2s1)S(=O)(=O)N1CCN(CC(=O)NCCc2cccnc2)C(=O)C1. The molecular weight excluding hydrogens is 508 g/mol. The molecule has 1 atom stereocenters. The van der Waals surface area contributed by atoms with E-state index in [9.17, 15) is 18.0 Å². The lowest BCUT2D eigenvalue weighted by molar-refractivity contribution is -0.138. The van der Waals surface area contributed by atoms with Gasteiger partial charge in [0.05, 0.1) is 13.1 Å². The molecule has 0 aliphatic carbocycles. The van der Waals surface area contributed by atoms with Gasteiger partial charge in [0.1, 0.15) is 5.25 Å². The summed E-state index contributed by atoms with van der Waals surface area (Å²) in [6.45, 7) is 3.98. The first-order valence-electron chi connectivity index (χ1n) is 11.0. The van der Waals surface area contributed by atoms with Crippen molar-refractivity contribution in [1.29, 1.82) is 0 Å². The summed E-state index contributed by atoms with van der Waals surface area (Å²) >= 11 is 7.40. The Kier molecular flexibility index (Phi) is 7.85. The van der Waals surface area contributed by atoms with Crippen LogP contribution in [0.15, 0.2) is 61.4 Å². The van der Waals surface area contributed by atoms with E-state index in [0.717, 1.165) is 15.6 Å². The Bertz CT molecular complexity index is 1340. The number of pyridine rings is 1. The maximum atomic E-state index is 13.4. The molecule has 8 nitrogen and oxygen atoms in total. The molecule has 1 fully saturated rings. The zero-order chi connectivity index (χ0) is 25.0. The van der Waals surface area contributed by atoms with Crippen molar-refractivity contribution in [3.8, 4) is 0 Å². The number of thiophene rings is 1. The largest absolute Gasteiger partial charge is 0.354 e. The highest BCUT2D eigenvalue weighted by atomic mass is 35.5. The molecule has 184 valence electrons. The summed E-state index contributed by atoms with van der Waals surface area (Å²) in [6.07, 6.45) is 5.43. The smallest absolute Gasteiger partial charge is 0.239 e. The molecule has 1 unspecified atom stereocenters. The number of halogens is 1. The fourth-order valence-corrected chi connectivity index (χ4v) is 7.29. The number of sulfonamides is 1. The van der Waals surface area contributed by atoms with Crippen LogP contribution in [-0.2, 0) is 26.0 Å². The van der Waals surface area contributed by atoms with Crippen molar-refractivity contribution in [3.05, 3.63) is 76.9 Å². The molecule has 3 aromatic rings. The Balaban J connectivity index is 1.35. The van der Waals surface area contributed by atoms with Gasteiger partial charge in [-0.2, -0.15) is 4.31 Å². The van der Waals surface area contributed by atoms with Crippen LogP contribution >= 0.6 is 22.9 Å². The molecule has 35 heavy (non-hydrogen) atoms. The van der Waals surface area contributed by atoms with Gasteiger partial charge in [-0.25, -0.2) is 8.42 Å². The Hall–Kier alpha value is -2.79. The van der Waals surface area contributed by atoms with Gasteiger partial charge in [0.2, 0.25) is 21.8 Å². The first-order chi connectivity index (χ1) is 16.8. The van der Waals surface area contributed by atoms with Gasteiger partial charge in [0.25, 0.3) is 0 Å². The predicted molar refractivity (Wildman–Crippen MR) is 138 cm³/mol. The van der Waals surface area contributed by atoms with Crippen LogP contribution in [-0.4, -0.2) is 67.1 Å². The molecule has 0 radical (unpaired) electrons. The monoisotopic (exact) mass is 532 g/mol. The van der Waals surface area contributed by atoms with Crippen molar-refractivity contribution < 1.29 is 18.0 Å². The standard InChI is InChI=1S/C24H25ClN4O4S2/c1-2-22(21-12-18-5-6-19(25)13-20(18)34-21)35(32,33)29-11-10-28(24(31)16-29)15-23(30)27-9-7-17-4-3-8-26-14-17/h2-6,8,12-14,22H,1,7,9-11,15-16H2,(H,27,30). The fraction of sp³-hybridized carbons (Fsp3) is 0.292. The van der Waals surface area contributed by atoms with E-state index in [1.165, 1.54) is 26.6 Å². The Morgan fingerprint density at radius 2 is 2.11 bits per heavy atom. The van der Waals surface area contributed by atoms with Gasteiger partial charge in [0.15, 0.2) is 0 Å². The van der Waals surface area contributed by atoms with Crippen LogP contribution < -0.4 is 5.32 Å². The number of carbonyl (C=O) groups excluding carboxylic acids is 2. The normalized spacial score (nSPS) is 15.8. The highest BCUT2D eigenvalue weighted by Crippen LogP contribution is 2.37. The summed E-state index contributed by atoms with van der Waals surface area (Å²) in [7, 11) is -3.88. The van der Waals surface area contributed by atoms with E-state index >= 15 is 0 Å². The van der Waals surface area contributed by atoms with E-state index in [2.05, 4.69) is 16.9 Å². The van der Waals surface area contributed by atoms with Gasteiger partial charge < -0.3 is 10.2 Å². The minimum Gasteiger partial charge on any atom is -0.354 e. The Labute approximate surface area is 213 Å². The van der Waals surface area contributed by atoms with Crippen molar-refractivity contribution >= 4 is 54.9 Å². The first kappa shape index (κ1) is 25.3. The molecule has 2 amide bonds. The molecule has 3 heterocycles. The molecule has 1 aliphatic heterocycles. The third kappa shape index (κ3) is 5.90. The molecule has 1 aliphatic rings. The minimum absolute atomic E-state index is 0.109. The quantitative estimate of drug-likeness (QED) is 0.427. The number of amides is 2. The van der Waals surface area contributed by atoms with Gasteiger partial charge in [-0.05, 0) is 41.6 Å². The average Bonchev–Trinajstić information content (AvgIpc) is 3.23. The number of nitrogens with one attached hydrogen (secondary N) is 1. The van der Waals surface area contributed by atoms with Crippen LogP contribution in [0.1, 0.15) is 15.7 Å². The van der Waals surface area contributed by atoms with E-state index in [1.54, 1.807) is 24.5 Å². The van der Waals surface area contributed by atoms with Gasteiger partial charge in [-0.3, -0.25) is 14.6 Å². The topological polar surface area (TPSA) is 99.7 Å². The lowest BCUT2D eigenvalue weighted by atomic mass is 10.2. The van der Waals surface area contributed by atoms with Crippen molar-refractivity contribution in [3.63, 3.8) is 0 Å². The molecule has 0 spiro atoms. The van der Waals surface area contributed by atoms with E-state index in [1.807, 2.05) is 24.3 Å². The van der Waals surface area contributed by atoms with Crippen LogP contribution in [0.2, 0.25) is 5.02 Å². The molecular formula is C24H25ClN4O4S2. The minimum atomic E-state index is -3.88. The first-order valence-corrected chi connectivity index (χ1v) is 13.7. The van der Waals surface area contributed by atoms with E-state index in [-0.39, 0.29) is 32.1 Å². The second-order valence-electron chi connectivity index (χ2n) is 8.14. The summed E-state index contributed by atoms with van der Waals surface area (Å²) in [4.78, 5) is 31.0. The molecule has 0 bridgehead atoms.